The number of hydrogen-bond acceptors (Lipinski definition) is 4. The Morgan fingerprint density at radius 2 is 2.00 bits per heavy atom. The molecule has 1 heterocycles. The fourth-order valence-corrected chi connectivity index (χ4v) is 4.61. The van der Waals surface area contributed by atoms with Gasteiger partial charge in [-0.1, -0.05) is 30.3 Å². The molecule has 0 radical (unpaired) electrons. The van der Waals surface area contributed by atoms with Gasteiger partial charge in [-0.2, -0.15) is 4.31 Å². The molecule has 0 spiro atoms. The first kappa shape index (κ1) is 13.7. The maximum absolute atomic E-state index is 12.6. The Kier molecular flexibility index (Phi) is 3.87. The first-order valence-corrected chi connectivity index (χ1v) is 9.06. The average molecular weight is 308 g/mol. The highest BCUT2D eigenvalue weighted by Gasteiger charge is 2.37. The molecule has 0 unspecified atom stereocenters. The van der Waals surface area contributed by atoms with Crippen LogP contribution in [0.25, 0.3) is 0 Å². The van der Waals surface area contributed by atoms with Crippen molar-refractivity contribution in [3.63, 3.8) is 0 Å². The van der Waals surface area contributed by atoms with Gasteiger partial charge in [0.25, 0.3) is 0 Å². The van der Waals surface area contributed by atoms with Gasteiger partial charge in [0.1, 0.15) is 5.01 Å². The smallest absolute Gasteiger partial charge is 0.218 e. The fraction of sp³-hybridized carbons (Fsp3) is 0.357. The SMILES string of the molecule is O=S(=O)(Cc1ccccc1)N(Cc1nccs1)C1CC1. The summed E-state index contributed by atoms with van der Waals surface area (Å²) in [4.78, 5) is 4.20. The lowest BCUT2D eigenvalue weighted by Gasteiger charge is -2.20. The van der Waals surface area contributed by atoms with Crippen LogP contribution < -0.4 is 0 Å². The minimum absolute atomic E-state index is 0.0652. The summed E-state index contributed by atoms with van der Waals surface area (Å²) in [6.45, 7) is 0.400. The van der Waals surface area contributed by atoms with Gasteiger partial charge in [-0.25, -0.2) is 13.4 Å². The molecule has 0 aliphatic heterocycles. The second-order valence-corrected chi connectivity index (χ2v) is 7.84. The molecule has 0 atom stereocenters. The van der Waals surface area contributed by atoms with Crippen molar-refractivity contribution in [2.45, 2.75) is 31.2 Å². The zero-order valence-electron chi connectivity index (χ0n) is 11.0. The molecule has 2 aromatic rings. The van der Waals surface area contributed by atoms with Crippen LogP contribution in [0.5, 0.6) is 0 Å². The van der Waals surface area contributed by atoms with Crippen molar-refractivity contribution in [3.8, 4) is 0 Å². The van der Waals surface area contributed by atoms with Crippen LogP contribution in [0.4, 0.5) is 0 Å². The Balaban J connectivity index is 1.79. The van der Waals surface area contributed by atoms with Crippen molar-refractivity contribution in [3.05, 3.63) is 52.5 Å². The molecule has 1 fully saturated rings. The van der Waals surface area contributed by atoms with Crippen molar-refractivity contribution >= 4 is 21.4 Å². The summed E-state index contributed by atoms with van der Waals surface area (Å²) in [5.41, 5.74) is 0.831. The van der Waals surface area contributed by atoms with Crippen molar-refractivity contribution in [1.82, 2.24) is 9.29 Å². The summed E-state index contributed by atoms with van der Waals surface area (Å²) in [5, 5.41) is 2.73. The number of nitrogens with zero attached hydrogens (tertiary/aromatic N) is 2. The van der Waals surface area contributed by atoms with E-state index >= 15 is 0 Å². The van der Waals surface area contributed by atoms with Crippen LogP contribution in [0.2, 0.25) is 0 Å². The number of thiazole rings is 1. The molecule has 106 valence electrons. The Bertz CT molecular complexity index is 650. The van der Waals surface area contributed by atoms with E-state index < -0.39 is 10.0 Å². The number of sulfonamides is 1. The summed E-state index contributed by atoms with van der Waals surface area (Å²) in [6, 6.07) is 9.50. The molecular weight excluding hydrogens is 292 g/mol. The zero-order chi connectivity index (χ0) is 14.0. The summed E-state index contributed by atoms with van der Waals surface area (Å²) in [7, 11) is -3.29. The van der Waals surface area contributed by atoms with Gasteiger partial charge < -0.3 is 0 Å². The molecule has 0 amide bonds. The Hall–Kier alpha value is -1.24. The van der Waals surface area contributed by atoms with Crippen LogP contribution in [-0.2, 0) is 22.3 Å². The molecule has 6 heteroatoms. The van der Waals surface area contributed by atoms with Crippen LogP contribution >= 0.6 is 11.3 Å². The quantitative estimate of drug-likeness (QED) is 0.824. The maximum atomic E-state index is 12.6. The topological polar surface area (TPSA) is 50.3 Å². The first-order valence-electron chi connectivity index (χ1n) is 6.57. The van der Waals surface area contributed by atoms with Crippen LogP contribution in [0.15, 0.2) is 41.9 Å². The average Bonchev–Trinajstić information content (AvgIpc) is 3.12. The van der Waals surface area contributed by atoms with E-state index in [1.54, 1.807) is 10.5 Å². The number of benzene rings is 1. The standard InChI is InChI=1S/C14H16N2O2S2/c17-20(18,11-12-4-2-1-3-5-12)16(13-6-7-13)10-14-15-8-9-19-14/h1-5,8-9,13H,6-7,10-11H2. The molecular formula is C14H16N2O2S2. The van der Waals surface area contributed by atoms with Gasteiger partial charge in [0.05, 0.1) is 12.3 Å². The summed E-state index contributed by atoms with van der Waals surface area (Å²) < 4.78 is 26.8. The lowest BCUT2D eigenvalue weighted by molar-refractivity contribution is 0.397. The van der Waals surface area contributed by atoms with Gasteiger partial charge in [0, 0.05) is 17.6 Å². The normalized spacial score (nSPS) is 15.7. The van der Waals surface area contributed by atoms with Gasteiger partial charge in [0.15, 0.2) is 0 Å². The second kappa shape index (κ2) is 5.63. The number of aromatic nitrogens is 1. The van der Waals surface area contributed by atoms with E-state index in [1.165, 1.54) is 11.3 Å². The van der Waals surface area contributed by atoms with Gasteiger partial charge in [0.2, 0.25) is 10.0 Å². The number of rotatable bonds is 6. The lowest BCUT2D eigenvalue weighted by atomic mass is 10.2. The van der Waals surface area contributed by atoms with Gasteiger partial charge in [-0.05, 0) is 18.4 Å². The van der Waals surface area contributed by atoms with Gasteiger partial charge in [-0.3, -0.25) is 0 Å². The van der Waals surface area contributed by atoms with E-state index in [9.17, 15) is 8.42 Å². The number of hydrogen-bond donors (Lipinski definition) is 0. The summed E-state index contributed by atoms with van der Waals surface area (Å²) in [6.07, 6.45) is 3.63. The first-order chi connectivity index (χ1) is 9.65. The molecule has 1 saturated carbocycles. The minimum atomic E-state index is -3.29. The zero-order valence-corrected chi connectivity index (χ0v) is 12.6. The van der Waals surface area contributed by atoms with E-state index in [1.807, 2.05) is 35.7 Å². The predicted octanol–water partition coefficient (Wildman–Crippen LogP) is 2.64. The van der Waals surface area contributed by atoms with Crippen molar-refractivity contribution in [1.29, 1.82) is 0 Å². The van der Waals surface area contributed by atoms with E-state index in [0.29, 0.717) is 6.54 Å². The lowest BCUT2D eigenvalue weighted by Crippen LogP contribution is -2.33. The van der Waals surface area contributed by atoms with E-state index in [0.717, 1.165) is 23.4 Å². The molecule has 1 aliphatic carbocycles. The molecule has 0 N–H and O–H groups in total. The van der Waals surface area contributed by atoms with Crippen LogP contribution in [0.3, 0.4) is 0 Å². The Morgan fingerprint density at radius 3 is 2.60 bits per heavy atom. The molecule has 3 rings (SSSR count). The van der Waals surface area contributed by atoms with E-state index in [2.05, 4.69) is 4.98 Å². The molecule has 0 bridgehead atoms. The molecule has 1 aromatic carbocycles. The third-order valence-corrected chi connectivity index (χ3v) is 5.88. The highest BCUT2D eigenvalue weighted by Crippen LogP contribution is 2.32. The van der Waals surface area contributed by atoms with Crippen molar-refractivity contribution in [2.24, 2.45) is 0 Å². The predicted molar refractivity (Wildman–Crippen MR) is 79.7 cm³/mol. The van der Waals surface area contributed by atoms with Crippen LogP contribution in [0.1, 0.15) is 23.4 Å². The molecule has 1 aromatic heterocycles. The van der Waals surface area contributed by atoms with Gasteiger partial charge in [-0.15, -0.1) is 11.3 Å². The Morgan fingerprint density at radius 1 is 1.25 bits per heavy atom. The summed E-state index contributed by atoms with van der Waals surface area (Å²) in [5.74, 6) is 0.0652. The summed E-state index contributed by atoms with van der Waals surface area (Å²) >= 11 is 1.50. The van der Waals surface area contributed by atoms with Crippen LogP contribution in [0, 0.1) is 0 Å². The van der Waals surface area contributed by atoms with Crippen LogP contribution in [-0.4, -0.2) is 23.7 Å². The minimum Gasteiger partial charge on any atom is -0.248 e. The molecule has 20 heavy (non-hydrogen) atoms. The highest BCUT2D eigenvalue weighted by atomic mass is 32.2. The van der Waals surface area contributed by atoms with E-state index in [-0.39, 0.29) is 11.8 Å². The van der Waals surface area contributed by atoms with Crippen molar-refractivity contribution < 1.29 is 8.42 Å². The maximum Gasteiger partial charge on any atom is 0.218 e. The van der Waals surface area contributed by atoms with Crippen molar-refractivity contribution in [2.75, 3.05) is 0 Å². The third-order valence-electron chi connectivity index (χ3n) is 3.28. The molecule has 1 aliphatic rings. The van der Waals surface area contributed by atoms with E-state index in [4.69, 9.17) is 0 Å². The Labute approximate surface area is 123 Å². The monoisotopic (exact) mass is 308 g/mol. The highest BCUT2D eigenvalue weighted by molar-refractivity contribution is 7.88. The second-order valence-electron chi connectivity index (χ2n) is 4.94. The molecule has 0 saturated heterocycles. The third kappa shape index (κ3) is 3.26. The van der Waals surface area contributed by atoms with Gasteiger partial charge >= 0.3 is 0 Å². The largest absolute Gasteiger partial charge is 0.248 e. The molecule has 4 nitrogen and oxygen atoms in total. The fourth-order valence-electron chi connectivity index (χ4n) is 2.15.